The first kappa shape index (κ1) is 35.7. The summed E-state index contributed by atoms with van der Waals surface area (Å²) in [7, 11) is 0. The Labute approximate surface area is 337 Å². The normalized spacial score (nSPS) is 18.0. The molecule has 0 aliphatic heterocycles. The minimum atomic E-state index is -0.140. The molecule has 7 aromatic rings. The quantitative estimate of drug-likeness (QED) is 0.180. The van der Waals surface area contributed by atoms with E-state index in [2.05, 4.69) is 184 Å². The maximum atomic E-state index is 5.24. The van der Waals surface area contributed by atoms with Crippen molar-refractivity contribution in [2.24, 2.45) is 5.41 Å². The van der Waals surface area contributed by atoms with Crippen LogP contribution in [-0.2, 0) is 21.7 Å². The van der Waals surface area contributed by atoms with E-state index in [1.807, 2.05) is 6.20 Å². The van der Waals surface area contributed by atoms with Crippen molar-refractivity contribution in [3.8, 4) is 67.7 Å². The lowest BCUT2D eigenvalue weighted by Gasteiger charge is -2.44. The van der Waals surface area contributed by atoms with E-state index < -0.39 is 0 Å². The van der Waals surface area contributed by atoms with Crippen LogP contribution in [0.2, 0.25) is 0 Å². The minimum absolute atomic E-state index is 0.0184. The van der Waals surface area contributed by atoms with Crippen LogP contribution in [0, 0.1) is 5.41 Å². The largest absolute Gasteiger partial charge is 0.255 e. The average molecular weight is 743 g/mol. The molecule has 0 saturated carbocycles. The van der Waals surface area contributed by atoms with Crippen molar-refractivity contribution in [2.45, 2.75) is 90.9 Å². The Kier molecular flexibility index (Phi) is 7.30. The Hall–Kier alpha value is -5.74. The zero-order valence-electron chi connectivity index (χ0n) is 34.8. The molecule has 0 amide bonds. The molecule has 0 saturated heterocycles. The number of hydrogen-bond acceptors (Lipinski definition) is 4. The lowest BCUT2D eigenvalue weighted by atomic mass is 9.59. The van der Waals surface area contributed by atoms with Gasteiger partial charge in [-0.25, -0.2) is 15.0 Å². The van der Waals surface area contributed by atoms with Crippen LogP contribution in [0.4, 0.5) is 0 Å². The predicted molar refractivity (Wildman–Crippen MR) is 234 cm³/mol. The van der Waals surface area contributed by atoms with Crippen LogP contribution in [-0.4, -0.2) is 19.9 Å². The fraction of sp³-hybridized carbons (Fsp3) is 0.283. The van der Waals surface area contributed by atoms with E-state index in [4.69, 9.17) is 19.9 Å². The molecule has 0 N–H and O–H groups in total. The Morgan fingerprint density at radius 3 is 1.28 bits per heavy atom. The topological polar surface area (TPSA) is 51.6 Å². The third kappa shape index (κ3) is 4.86. The van der Waals surface area contributed by atoms with Gasteiger partial charge in [0.05, 0.1) is 5.69 Å². The molecule has 0 atom stereocenters. The van der Waals surface area contributed by atoms with Gasteiger partial charge >= 0.3 is 0 Å². The molecule has 4 nitrogen and oxygen atoms in total. The summed E-state index contributed by atoms with van der Waals surface area (Å²) < 4.78 is 0. The van der Waals surface area contributed by atoms with Crippen LogP contribution in [0.15, 0.2) is 121 Å². The predicted octanol–water partition coefficient (Wildman–Crippen LogP) is 13.1. The highest BCUT2D eigenvalue weighted by Crippen LogP contribution is 2.62. The summed E-state index contributed by atoms with van der Waals surface area (Å²) in [5, 5.41) is 0. The van der Waals surface area contributed by atoms with Crippen molar-refractivity contribution in [3.63, 3.8) is 0 Å². The first-order valence-corrected chi connectivity index (χ1v) is 20.4. The van der Waals surface area contributed by atoms with E-state index in [1.165, 1.54) is 55.6 Å². The molecular formula is C53H50N4. The maximum Gasteiger partial charge on any atom is 0.165 e. The highest BCUT2D eigenvalue weighted by atomic mass is 15.0. The zero-order chi connectivity index (χ0) is 39.9. The number of pyridine rings is 1. The molecule has 0 bridgehead atoms. The van der Waals surface area contributed by atoms with E-state index >= 15 is 0 Å². The van der Waals surface area contributed by atoms with Crippen LogP contribution < -0.4 is 0 Å². The molecule has 3 aliphatic carbocycles. The van der Waals surface area contributed by atoms with Crippen molar-refractivity contribution >= 4 is 0 Å². The van der Waals surface area contributed by atoms with E-state index in [1.54, 1.807) is 0 Å². The second kappa shape index (κ2) is 11.7. The van der Waals surface area contributed by atoms with Gasteiger partial charge in [0.1, 0.15) is 0 Å². The third-order valence-electron chi connectivity index (χ3n) is 15.1. The Morgan fingerprint density at radius 2 is 0.772 bits per heavy atom. The molecule has 4 heteroatoms. The van der Waals surface area contributed by atoms with Gasteiger partial charge in [-0.05, 0) is 102 Å². The number of rotatable bonds is 4. The highest BCUT2D eigenvalue weighted by Gasteiger charge is 2.56. The van der Waals surface area contributed by atoms with Crippen molar-refractivity contribution in [1.29, 1.82) is 0 Å². The van der Waals surface area contributed by atoms with E-state index in [-0.39, 0.29) is 27.1 Å². The molecule has 0 radical (unpaired) electrons. The van der Waals surface area contributed by atoms with Crippen LogP contribution in [0.3, 0.4) is 0 Å². The molecule has 57 heavy (non-hydrogen) atoms. The summed E-state index contributed by atoms with van der Waals surface area (Å²) in [6.45, 7) is 23.6. The molecule has 282 valence electrons. The fourth-order valence-electron chi connectivity index (χ4n) is 10.4. The summed E-state index contributed by atoms with van der Waals surface area (Å²) in [6, 6.07) is 42.1. The van der Waals surface area contributed by atoms with Crippen LogP contribution in [0.5, 0.6) is 0 Å². The first-order valence-electron chi connectivity index (χ1n) is 20.4. The summed E-state index contributed by atoms with van der Waals surface area (Å²) in [5.41, 5.74) is 18.0. The molecule has 2 aromatic heterocycles. The van der Waals surface area contributed by atoms with Crippen LogP contribution >= 0.6 is 0 Å². The maximum absolute atomic E-state index is 5.24. The standard InChI is InChI=1S/C53H50N4/c1-49(2)39-17-13-11-15-35(39)37-23-19-32(28-42(37)49)46-55-47(33-20-24-38-36-16-12-14-18-40(36)50(3,4)43(38)29-33)57-48(56-46)34-22-26-45(54-30-34)31-21-25-41-44(27-31)52(7,8)53(9,10)51(41,5)6/h11-30H,1-10H3. The second-order valence-corrected chi connectivity index (χ2v) is 19.2. The van der Waals surface area contributed by atoms with Gasteiger partial charge in [-0.15, -0.1) is 0 Å². The van der Waals surface area contributed by atoms with E-state index in [9.17, 15) is 0 Å². The SMILES string of the molecule is CC1(C)c2ccccc2-c2ccc(-c3nc(-c4ccc(-c5ccc6c(c5)C(C)(C)C(C)(C)C6(C)C)nc4)nc(-c4ccc5c(c4)C(C)(C)c4ccccc4-5)n3)cc21. The Morgan fingerprint density at radius 1 is 0.351 bits per heavy atom. The molecule has 10 rings (SSSR count). The van der Waals surface area contributed by atoms with Crippen molar-refractivity contribution in [3.05, 3.63) is 155 Å². The number of fused-ring (bicyclic) bond motifs is 7. The van der Waals surface area contributed by atoms with Gasteiger partial charge in [0, 0.05) is 39.3 Å². The first-order chi connectivity index (χ1) is 27.0. The summed E-state index contributed by atoms with van der Waals surface area (Å²) >= 11 is 0. The van der Waals surface area contributed by atoms with Crippen LogP contribution in [0.25, 0.3) is 67.7 Å². The minimum Gasteiger partial charge on any atom is -0.255 e. The van der Waals surface area contributed by atoms with Gasteiger partial charge in [-0.3, -0.25) is 4.98 Å². The van der Waals surface area contributed by atoms with Crippen molar-refractivity contribution in [1.82, 2.24) is 19.9 Å². The summed E-state index contributed by atoms with van der Waals surface area (Å²) in [4.78, 5) is 20.7. The molecule has 0 fully saturated rings. The van der Waals surface area contributed by atoms with Gasteiger partial charge in [-0.2, -0.15) is 0 Å². The fourth-order valence-corrected chi connectivity index (χ4v) is 10.4. The summed E-state index contributed by atoms with van der Waals surface area (Å²) in [5.74, 6) is 1.92. The van der Waals surface area contributed by atoms with E-state index in [0.717, 1.165) is 27.9 Å². The van der Waals surface area contributed by atoms with Gasteiger partial charge in [-0.1, -0.05) is 154 Å². The summed E-state index contributed by atoms with van der Waals surface area (Å²) in [6.07, 6.45) is 1.93. The molecule has 0 unspecified atom stereocenters. The van der Waals surface area contributed by atoms with Gasteiger partial charge < -0.3 is 0 Å². The molecule has 5 aromatic carbocycles. The van der Waals surface area contributed by atoms with E-state index in [0.29, 0.717) is 17.5 Å². The Balaban J connectivity index is 1.09. The number of hydrogen-bond donors (Lipinski definition) is 0. The lowest BCUT2D eigenvalue weighted by Crippen LogP contribution is -2.42. The number of nitrogens with zero attached hydrogens (tertiary/aromatic N) is 4. The third-order valence-corrected chi connectivity index (χ3v) is 15.1. The molecule has 2 heterocycles. The van der Waals surface area contributed by atoms with Gasteiger partial charge in [0.25, 0.3) is 0 Å². The molecular weight excluding hydrogens is 693 g/mol. The number of benzene rings is 5. The number of aromatic nitrogens is 4. The van der Waals surface area contributed by atoms with Crippen molar-refractivity contribution in [2.75, 3.05) is 0 Å². The monoisotopic (exact) mass is 742 g/mol. The Bertz CT molecular complexity index is 2690. The van der Waals surface area contributed by atoms with Crippen LogP contribution in [0.1, 0.15) is 103 Å². The smallest absolute Gasteiger partial charge is 0.165 e. The van der Waals surface area contributed by atoms with Crippen molar-refractivity contribution < 1.29 is 0 Å². The van der Waals surface area contributed by atoms with Gasteiger partial charge in [0.2, 0.25) is 0 Å². The zero-order valence-corrected chi connectivity index (χ0v) is 34.8. The highest BCUT2D eigenvalue weighted by molar-refractivity contribution is 5.85. The second-order valence-electron chi connectivity index (χ2n) is 19.2. The van der Waals surface area contributed by atoms with Gasteiger partial charge in [0.15, 0.2) is 17.5 Å². The molecule has 0 spiro atoms. The lowest BCUT2D eigenvalue weighted by molar-refractivity contribution is 0.125. The molecule has 3 aliphatic rings. The average Bonchev–Trinajstić information content (AvgIpc) is 3.63.